The number of nitrogens with zero attached hydrogens (tertiary/aromatic N) is 1. The highest BCUT2D eigenvalue weighted by Crippen LogP contribution is 2.42. The zero-order valence-electron chi connectivity index (χ0n) is 19.8. The first kappa shape index (κ1) is 23.4. The Labute approximate surface area is 209 Å². The van der Waals surface area contributed by atoms with Crippen molar-refractivity contribution in [3.63, 3.8) is 0 Å². The summed E-state index contributed by atoms with van der Waals surface area (Å²) in [6, 6.07) is 18.8. The van der Waals surface area contributed by atoms with E-state index in [-0.39, 0.29) is 11.5 Å². The smallest absolute Gasteiger partial charge is 0.169 e. The minimum atomic E-state index is 0.0466. The monoisotopic (exact) mass is 487 g/mol. The molecule has 1 aliphatic rings. The number of phenolic OH excluding ortho intramolecular Hbond substituents is 1. The van der Waals surface area contributed by atoms with Crippen LogP contribution in [0.15, 0.2) is 66.0 Å². The maximum absolute atomic E-state index is 11.8. The summed E-state index contributed by atoms with van der Waals surface area (Å²) in [7, 11) is 0. The Morgan fingerprint density at radius 2 is 1.74 bits per heavy atom. The Bertz CT molecular complexity index is 1320. The first-order valence-electron chi connectivity index (χ1n) is 12.1. The summed E-state index contributed by atoms with van der Waals surface area (Å²) < 4.78 is 12.4. The van der Waals surface area contributed by atoms with E-state index in [1.165, 1.54) is 43.7 Å². The number of rotatable bonds is 8. The average molecular weight is 488 g/mol. The van der Waals surface area contributed by atoms with E-state index < -0.39 is 0 Å². The highest BCUT2D eigenvalue weighted by Gasteiger charge is 2.16. The van der Waals surface area contributed by atoms with E-state index in [9.17, 15) is 9.90 Å². The molecule has 4 aromatic rings. The van der Waals surface area contributed by atoms with Crippen molar-refractivity contribution in [2.24, 2.45) is 0 Å². The summed E-state index contributed by atoms with van der Waals surface area (Å²) in [6.45, 7) is 5.53. The van der Waals surface area contributed by atoms with Crippen molar-refractivity contribution in [1.82, 2.24) is 4.90 Å². The molecule has 0 radical (unpaired) electrons. The van der Waals surface area contributed by atoms with Crippen LogP contribution in [-0.2, 0) is 0 Å². The lowest BCUT2D eigenvalue weighted by Gasteiger charge is -2.26. The lowest BCUT2D eigenvalue weighted by molar-refractivity contribution is 0.102. The van der Waals surface area contributed by atoms with Crippen LogP contribution in [0.1, 0.15) is 35.9 Å². The Kier molecular flexibility index (Phi) is 7.02. The Morgan fingerprint density at radius 1 is 0.971 bits per heavy atom. The van der Waals surface area contributed by atoms with Gasteiger partial charge in [-0.1, -0.05) is 12.5 Å². The molecule has 35 heavy (non-hydrogen) atoms. The van der Waals surface area contributed by atoms with E-state index in [4.69, 9.17) is 9.47 Å². The number of phenols is 1. The number of thiophene rings is 1. The summed E-state index contributed by atoms with van der Waals surface area (Å²) >= 11 is 1.43. The van der Waals surface area contributed by atoms with Crippen molar-refractivity contribution in [2.45, 2.75) is 26.2 Å². The minimum Gasteiger partial charge on any atom is -0.508 e. The molecule has 6 heteroatoms. The van der Waals surface area contributed by atoms with Gasteiger partial charge in [-0.25, -0.2) is 0 Å². The average Bonchev–Trinajstić information content (AvgIpc) is 3.36. The molecule has 5 nitrogen and oxygen atoms in total. The van der Waals surface area contributed by atoms with Crippen LogP contribution in [0.5, 0.6) is 23.0 Å². The van der Waals surface area contributed by atoms with Crippen molar-refractivity contribution in [3.8, 4) is 34.1 Å². The quantitative estimate of drug-likeness (QED) is 0.268. The molecular weight excluding hydrogens is 458 g/mol. The van der Waals surface area contributed by atoms with Crippen LogP contribution in [0.2, 0.25) is 0 Å². The van der Waals surface area contributed by atoms with Gasteiger partial charge in [0.2, 0.25) is 0 Å². The fourth-order valence-electron chi connectivity index (χ4n) is 4.49. The second-order valence-corrected chi connectivity index (χ2v) is 9.84. The molecule has 1 saturated heterocycles. The number of carbonyl (C=O) groups is 1. The maximum Gasteiger partial charge on any atom is 0.169 e. The van der Waals surface area contributed by atoms with Crippen LogP contribution >= 0.6 is 11.3 Å². The molecule has 3 aromatic carbocycles. The molecule has 0 bridgehead atoms. The molecule has 0 atom stereocenters. The van der Waals surface area contributed by atoms with Crippen LogP contribution in [0, 0.1) is 0 Å². The fraction of sp³-hybridized carbons (Fsp3) is 0.276. The number of likely N-dealkylation sites (tertiary alicyclic amines) is 1. The zero-order valence-corrected chi connectivity index (χ0v) is 20.6. The predicted octanol–water partition coefficient (Wildman–Crippen LogP) is 7.13. The molecule has 0 spiro atoms. The number of fused-ring (bicyclic) bond motifs is 1. The van der Waals surface area contributed by atoms with Gasteiger partial charge in [0.25, 0.3) is 0 Å². The number of benzene rings is 3. The van der Waals surface area contributed by atoms with E-state index in [0.717, 1.165) is 34.2 Å². The number of ether oxygens (including phenoxy) is 2. The molecule has 0 unspecified atom stereocenters. The first-order valence-corrected chi connectivity index (χ1v) is 12.9. The van der Waals surface area contributed by atoms with Gasteiger partial charge in [0.05, 0.1) is 4.88 Å². The number of hydrogen-bond donors (Lipinski definition) is 1. The summed E-state index contributed by atoms with van der Waals surface area (Å²) in [6.07, 6.45) is 3.90. The van der Waals surface area contributed by atoms with Crippen LogP contribution in [0.4, 0.5) is 0 Å². The van der Waals surface area contributed by atoms with Crippen LogP contribution in [-0.4, -0.2) is 42.0 Å². The highest BCUT2D eigenvalue weighted by atomic mass is 32.1. The Hall–Kier alpha value is -3.35. The normalized spacial score (nSPS) is 14.2. The molecule has 0 saturated carbocycles. The largest absolute Gasteiger partial charge is 0.508 e. The summed E-state index contributed by atoms with van der Waals surface area (Å²) in [5.74, 6) is 2.45. The molecule has 1 N–H and O–H groups in total. The molecule has 0 amide bonds. The van der Waals surface area contributed by atoms with Gasteiger partial charge in [-0.3, -0.25) is 9.69 Å². The van der Waals surface area contributed by atoms with Gasteiger partial charge in [-0.05, 0) is 104 Å². The molecule has 180 valence electrons. The molecule has 1 aliphatic heterocycles. The van der Waals surface area contributed by atoms with Gasteiger partial charge >= 0.3 is 0 Å². The SMILES string of the molecule is CC(=O)c1cc(-c2ccc3cc(O)ccc3c2Oc2ccc(OCCN3CCCCC3)cc2)cs1. The van der Waals surface area contributed by atoms with Crippen molar-refractivity contribution in [3.05, 3.63) is 70.9 Å². The summed E-state index contributed by atoms with van der Waals surface area (Å²) in [4.78, 5) is 15.0. The molecule has 2 heterocycles. The third-order valence-electron chi connectivity index (χ3n) is 6.38. The van der Waals surface area contributed by atoms with E-state index in [2.05, 4.69) is 4.90 Å². The van der Waals surface area contributed by atoms with Crippen LogP contribution in [0.25, 0.3) is 21.9 Å². The number of aromatic hydroxyl groups is 1. The minimum absolute atomic E-state index is 0.0466. The summed E-state index contributed by atoms with van der Waals surface area (Å²) in [5.41, 5.74) is 1.83. The van der Waals surface area contributed by atoms with Crippen molar-refractivity contribution < 1.29 is 19.4 Å². The predicted molar refractivity (Wildman–Crippen MR) is 141 cm³/mol. The third-order valence-corrected chi connectivity index (χ3v) is 7.41. The van der Waals surface area contributed by atoms with Crippen LogP contribution in [0.3, 0.4) is 0 Å². The number of piperidine rings is 1. The molecule has 5 rings (SSSR count). The number of hydrogen-bond acceptors (Lipinski definition) is 6. The molecular formula is C29H29NO4S. The van der Waals surface area contributed by atoms with Crippen molar-refractivity contribution >= 4 is 27.9 Å². The zero-order chi connectivity index (χ0) is 24.2. The van der Waals surface area contributed by atoms with Gasteiger partial charge in [0, 0.05) is 17.5 Å². The standard InChI is InChI=1S/C29H29NO4S/c1-20(31)28-18-22(19-35-28)27-11-5-21-17-23(32)6-12-26(21)29(27)34-25-9-7-24(8-10-25)33-16-15-30-13-3-2-4-14-30/h5-12,17-19,32H,2-4,13-16H2,1H3. The Morgan fingerprint density at radius 3 is 2.49 bits per heavy atom. The van der Waals surface area contributed by atoms with Crippen molar-refractivity contribution in [1.29, 1.82) is 0 Å². The number of Topliss-reactive ketones (excluding diaryl/α,β-unsaturated/α-hetero) is 1. The lowest BCUT2D eigenvalue weighted by Crippen LogP contribution is -2.33. The van der Waals surface area contributed by atoms with Gasteiger partial charge < -0.3 is 14.6 Å². The lowest BCUT2D eigenvalue weighted by atomic mass is 10.0. The second kappa shape index (κ2) is 10.5. The van der Waals surface area contributed by atoms with Gasteiger partial charge in [0.1, 0.15) is 29.6 Å². The fourth-order valence-corrected chi connectivity index (χ4v) is 5.30. The summed E-state index contributed by atoms with van der Waals surface area (Å²) in [5, 5.41) is 13.7. The number of carbonyl (C=O) groups excluding carboxylic acids is 1. The molecule has 0 aliphatic carbocycles. The van der Waals surface area contributed by atoms with E-state index >= 15 is 0 Å². The third kappa shape index (κ3) is 5.50. The second-order valence-electron chi connectivity index (χ2n) is 8.93. The molecule has 1 fully saturated rings. The van der Waals surface area contributed by atoms with E-state index in [1.54, 1.807) is 19.1 Å². The number of ketones is 1. The highest BCUT2D eigenvalue weighted by molar-refractivity contribution is 7.12. The van der Waals surface area contributed by atoms with Crippen LogP contribution < -0.4 is 9.47 Å². The van der Waals surface area contributed by atoms with Gasteiger partial charge in [-0.15, -0.1) is 11.3 Å². The molecule has 1 aromatic heterocycles. The van der Waals surface area contributed by atoms with E-state index in [1.807, 2.05) is 53.9 Å². The topological polar surface area (TPSA) is 59.0 Å². The maximum atomic E-state index is 11.8. The van der Waals surface area contributed by atoms with Crippen molar-refractivity contribution in [2.75, 3.05) is 26.2 Å². The van der Waals surface area contributed by atoms with Gasteiger partial charge in [0.15, 0.2) is 5.78 Å². The first-order chi connectivity index (χ1) is 17.1. The van der Waals surface area contributed by atoms with E-state index in [0.29, 0.717) is 23.0 Å². The van der Waals surface area contributed by atoms with Gasteiger partial charge in [-0.2, -0.15) is 0 Å². The Balaban J connectivity index is 1.37.